The Morgan fingerprint density at radius 3 is 2.49 bits per heavy atom. The predicted octanol–water partition coefficient (Wildman–Crippen LogP) is 4.63. The van der Waals surface area contributed by atoms with Crippen LogP contribution in [0.15, 0.2) is 36.8 Å². The first-order valence-electron chi connectivity index (χ1n) is 15.7. The summed E-state index contributed by atoms with van der Waals surface area (Å²) in [4.78, 5) is 48.9. The number of nitrogens with zero attached hydrogens (tertiary/aromatic N) is 4. The van der Waals surface area contributed by atoms with Gasteiger partial charge in [0, 0.05) is 57.0 Å². The van der Waals surface area contributed by atoms with Crippen LogP contribution in [-0.4, -0.2) is 82.0 Å². The van der Waals surface area contributed by atoms with Crippen molar-refractivity contribution in [2.24, 2.45) is 11.3 Å². The standard InChI is InChI=1S/C33H48FN5O4/c1-6-23(2)30(40)36-29(33(3,4)5)32(42)39-16-7-8-27(39)20-37(17-13-24-9-11-25(34)12-10-24)31(41)28-21-38(22-35-28)26-14-18-43-19-15-26/h9-12,21-23,26-27,29H,6-8,13-20H2,1-5H3,(H,36,40)/t23-,27+,29-/m1/s1. The molecule has 0 saturated carbocycles. The molecule has 9 nitrogen and oxygen atoms in total. The van der Waals surface area contributed by atoms with Crippen LogP contribution < -0.4 is 5.32 Å². The molecule has 1 N–H and O–H groups in total. The summed E-state index contributed by atoms with van der Waals surface area (Å²) in [5.41, 5.74) is 0.810. The number of carbonyl (C=O) groups excluding carboxylic acids is 3. The van der Waals surface area contributed by atoms with E-state index in [1.54, 1.807) is 23.4 Å². The molecule has 1 aromatic carbocycles. The number of hydrogen-bond acceptors (Lipinski definition) is 5. The molecule has 1 aromatic heterocycles. The van der Waals surface area contributed by atoms with Crippen molar-refractivity contribution in [3.63, 3.8) is 0 Å². The number of hydrogen-bond donors (Lipinski definition) is 1. The van der Waals surface area contributed by atoms with Crippen molar-refractivity contribution in [1.29, 1.82) is 0 Å². The highest BCUT2D eigenvalue weighted by molar-refractivity contribution is 5.92. The zero-order valence-electron chi connectivity index (χ0n) is 26.4. The molecule has 2 aliphatic heterocycles. The number of carbonyl (C=O) groups is 3. The molecule has 3 atom stereocenters. The van der Waals surface area contributed by atoms with E-state index >= 15 is 0 Å². The van der Waals surface area contributed by atoms with Crippen LogP contribution in [0.3, 0.4) is 0 Å². The summed E-state index contributed by atoms with van der Waals surface area (Å²) in [5, 5.41) is 3.03. The zero-order valence-corrected chi connectivity index (χ0v) is 26.4. The lowest BCUT2D eigenvalue weighted by molar-refractivity contribution is -0.141. The SMILES string of the molecule is CC[C@@H](C)C(=O)N[C@H](C(=O)N1CCC[C@H]1CN(CCc1ccc(F)cc1)C(=O)c1cn(C2CCOCC2)cn1)C(C)(C)C. The quantitative estimate of drug-likeness (QED) is 0.408. The molecule has 2 saturated heterocycles. The predicted molar refractivity (Wildman–Crippen MR) is 163 cm³/mol. The van der Waals surface area contributed by atoms with Crippen LogP contribution in [0.5, 0.6) is 0 Å². The highest BCUT2D eigenvalue weighted by Crippen LogP contribution is 2.27. The smallest absolute Gasteiger partial charge is 0.274 e. The van der Waals surface area contributed by atoms with Crippen LogP contribution in [0.1, 0.15) is 88.8 Å². The fourth-order valence-corrected chi connectivity index (χ4v) is 5.84. The van der Waals surface area contributed by atoms with Gasteiger partial charge in [-0.3, -0.25) is 14.4 Å². The van der Waals surface area contributed by atoms with E-state index in [2.05, 4.69) is 10.3 Å². The Hall–Kier alpha value is -3.27. The van der Waals surface area contributed by atoms with Gasteiger partial charge in [-0.05, 0) is 61.6 Å². The fourth-order valence-electron chi connectivity index (χ4n) is 5.84. The van der Waals surface area contributed by atoms with Gasteiger partial charge in [0.2, 0.25) is 11.8 Å². The van der Waals surface area contributed by atoms with E-state index in [9.17, 15) is 18.8 Å². The molecule has 0 unspecified atom stereocenters. The fraction of sp³-hybridized carbons (Fsp3) is 0.636. The van der Waals surface area contributed by atoms with E-state index < -0.39 is 11.5 Å². The van der Waals surface area contributed by atoms with Crippen LogP contribution in [0.4, 0.5) is 4.39 Å². The van der Waals surface area contributed by atoms with Crippen molar-refractivity contribution in [3.05, 3.63) is 53.9 Å². The molecule has 3 heterocycles. The van der Waals surface area contributed by atoms with Gasteiger partial charge in [-0.15, -0.1) is 0 Å². The Balaban J connectivity index is 1.53. The molecule has 0 spiro atoms. The average Bonchev–Trinajstić information content (AvgIpc) is 3.68. The zero-order chi connectivity index (χ0) is 31.1. The number of imidazole rings is 1. The van der Waals surface area contributed by atoms with Gasteiger partial charge in [0.1, 0.15) is 17.6 Å². The van der Waals surface area contributed by atoms with Crippen LogP contribution in [-0.2, 0) is 20.7 Å². The lowest BCUT2D eigenvalue weighted by Gasteiger charge is -2.37. The first kappa shape index (κ1) is 32.6. The highest BCUT2D eigenvalue weighted by atomic mass is 19.1. The van der Waals surface area contributed by atoms with E-state index in [0.29, 0.717) is 51.4 Å². The molecule has 43 heavy (non-hydrogen) atoms. The number of rotatable bonds is 11. The number of ether oxygens (including phenoxy) is 1. The van der Waals surface area contributed by atoms with Gasteiger partial charge in [0.25, 0.3) is 5.91 Å². The van der Waals surface area contributed by atoms with E-state index in [0.717, 1.165) is 31.2 Å². The molecular weight excluding hydrogens is 549 g/mol. The number of likely N-dealkylation sites (tertiary alicyclic amines) is 1. The lowest BCUT2D eigenvalue weighted by atomic mass is 9.85. The number of aromatic nitrogens is 2. The number of benzene rings is 1. The van der Waals surface area contributed by atoms with E-state index in [1.807, 2.05) is 50.3 Å². The third-order valence-electron chi connectivity index (χ3n) is 8.85. The highest BCUT2D eigenvalue weighted by Gasteiger charge is 2.41. The van der Waals surface area contributed by atoms with Gasteiger partial charge in [0.05, 0.1) is 6.33 Å². The third-order valence-corrected chi connectivity index (χ3v) is 8.85. The van der Waals surface area contributed by atoms with Crippen molar-refractivity contribution < 1.29 is 23.5 Å². The maximum atomic E-state index is 14.0. The maximum absolute atomic E-state index is 14.0. The Morgan fingerprint density at radius 2 is 1.84 bits per heavy atom. The normalized spacial score (nSPS) is 19.2. The molecule has 3 amide bonds. The van der Waals surface area contributed by atoms with Crippen molar-refractivity contribution in [3.8, 4) is 0 Å². The van der Waals surface area contributed by atoms with Gasteiger partial charge in [0.15, 0.2) is 0 Å². The van der Waals surface area contributed by atoms with Crippen LogP contribution in [0, 0.1) is 17.2 Å². The first-order valence-corrected chi connectivity index (χ1v) is 15.7. The molecule has 4 rings (SSSR count). The molecule has 2 aromatic rings. The monoisotopic (exact) mass is 597 g/mol. The largest absolute Gasteiger partial charge is 0.381 e. The second-order valence-electron chi connectivity index (χ2n) is 13.1. The van der Waals surface area contributed by atoms with Crippen LogP contribution in [0.2, 0.25) is 0 Å². The van der Waals surface area contributed by atoms with Gasteiger partial charge in [-0.2, -0.15) is 0 Å². The van der Waals surface area contributed by atoms with E-state index in [1.165, 1.54) is 12.1 Å². The molecular formula is C33H48FN5O4. The summed E-state index contributed by atoms with van der Waals surface area (Å²) in [6, 6.07) is 5.71. The van der Waals surface area contributed by atoms with Crippen LogP contribution >= 0.6 is 0 Å². The summed E-state index contributed by atoms with van der Waals surface area (Å²) in [6.45, 7) is 12.4. The average molecular weight is 598 g/mol. The molecule has 0 bridgehead atoms. The van der Waals surface area contributed by atoms with E-state index in [4.69, 9.17) is 4.74 Å². The minimum atomic E-state index is -0.673. The summed E-state index contributed by atoms with van der Waals surface area (Å²) < 4.78 is 21.0. The molecule has 0 radical (unpaired) electrons. The lowest BCUT2D eigenvalue weighted by Crippen LogP contribution is -2.57. The van der Waals surface area contributed by atoms with E-state index in [-0.39, 0.29) is 41.5 Å². The van der Waals surface area contributed by atoms with Crippen molar-refractivity contribution in [2.75, 3.05) is 32.8 Å². The minimum absolute atomic E-state index is 0.110. The number of amides is 3. The molecule has 0 aliphatic carbocycles. The van der Waals surface area contributed by atoms with Gasteiger partial charge < -0.3 is 24.4 Å². The van der Waals surface area contributed by atoms with Crippen molar-refractivity contribution in [2.45, 2.75) is 91.3 Å². The van der Waals surface area contributed by atoms with Gasteiger partial charge in [-0.1, -0.05) is 46.8 Å². The first-order chi connectivity index (χ1) is 20.5. The Bertz CT molecular complexity index is 1230. The molecule has 2 fully saturated rings. The van der Waals surface area contributed by atoms with Crippen LogP contribution in [0.25, 0.3) is 0 Å². The Labute approximate surface area is 255 Å². The van der Waals surface area contributed by atoms with Gasteiger partial charge >= 0.3 is 0 Å². The summed E-state index contributed by atoms with van der Waals surface area (Å²) in [6.07, 6.45) is 8.12. The maximum Gasteiger partial charge on any atom is 0.274 e. The molecule has 236 valence electrons. The number of halogens is 1. The number of nitrogens with one attached hydrogen (secondary N) is 1. The van der Waals surface area contributed by atoms with Gasteiger partial charge in [-0.25, -0.2) is 9.37 Å². The topological polar surface area (TPSA) is 96.8 Å². The second kappa shape index (κ2) is 14.5. The van der Waals surface area contributed by atoms with Crippen molar-refractivity contribution in [1.82, 2.24) is 24.7 Å². The second-order valence-corrected chi connectivity index (χ2v) is 13.1. The summed E-state index contributed by atoms with van der Waals surface area (Å²) in [7, 11) is 0. The summed E-state index contributed by atoms with van der Waals surface area (Å²) >= 11 is 0. The Kier molecular flexibility index (Phi) is 11.0. The Morgan fingerprint density at radius 1 is 1.14 bits per heavy atom. The third kappa shape index (κ3) is 8.43. The van der Waals surface area contributed by atoms with Crippen molar-refractivity contribution >= 4 is 17.7 Å². The summed E-state index contributed by atoms with van der Waals surface area (Å²) in [5.74, 6) is -0.911. The minimum Gasteiger partial charge on any atom is -0.381 e. The molecule has 10 heteroatoms. The molecule has 2 aliphatic rings.